The van der Waals surface area contributed by atoms with E-state index in [4.69, 9.17) is 5.11 Å². The van der Waals surface area contributed by atoms with E-state index in [0.29, 0.717) is 9.99 Å². The van der Waals surface area contributed by atoms with E-state index in [2.05, 4.69) is 4.72 Å². The number of benzene rings is 1. The highest BCUT2D eigenvalue weighted by molar-refractivity contribution is 7.90. The molecule has 6 nitrogen and oxygen atoms in total. The Morgan fingerprint density at radius 3 is 2.38 bits per heavy atom. The lowest BCUT2D eigenvalue weighted by Crippen LogP contribution is -2.39. The molecule has 7 heteroatoms. The van der Waals surface area contributed by atoms with Gasteiger partial charge in [-0.15, -0.1) is 0 Å². The summed E-state index contributed by atoms with van der Waals surface area (Å²) in [4.78, 5) is 10.7. The van der Waals surface area contributed by atoms with Crippen LogP contribution in [0, 0.1) is 0 Å². The number of amides is 1. The summed E-state index contributed by atoms with van der Waals surface area (Å²) >= 11 is 0. The molecule has 1 aromatic rings. The molecule has 0 aromatic heterocycles. The lowest BCUT2D eigenvalue weighted by atomic mass is 10.3. The molecule has 0 fully saturated rings. The van der Waals surface area contributed by atoms with E-state index in [1.165, 1.54) is 19.1 Å². The van der Waals surface area contributed by atoms with Gasteiger partial charge >= 0.3 is 16.3 Å². The van der Waals surface area contributed by atoms with E-state index in [-0.39, 0.29) is 6.54 Å². The Balaban J connectivity index is 2.91. The average Bonchev–Trinajstić information content (AvgIpc) is 2.18. The van der Waals surface area contributed by atoms with E-state index in [9.17, 15) is 13.2 Å². The topological polar surface area (TPSA) is 86.7 Å². The van der Waals surface area contributed by atoms with Crippen LogP contribution in [-0.2, 0) is 10.2 Å². The molecule has 0 saturated carbocycles. The molecule has 0 radical (unpaired) electrons. The van der Waals surface area contributed by atoms with Crippen LogP contribution in [0.15, 0.2) is 30.3 Å². The summed E-state index contributed by atoms with van der Waals surface area (Å²) < 4.78 is 25.7. The van der Waals surface area contributed by atoms with Crippen molar-refractivity contribution in [3.05, 3.63) is 30.3 Å². The van der Waals surface area contributed by atoms with Gasteiger partial charge in [0.15, 0.2) is 0 Å². The first-order valence-corrected chi connectivity index (χ1v) is 6.00. The quantitative estimate of drug-likeness (QED) is 0.836. The fourth-order valence-electron chi connectivity index (χ4n) is 1.12. The maximum absolute atomic E-state index is 11.6. The molecule has 0 aliphatic rings. The Kier molecular flexibility index (Phi) is 3.73. The smallest absolute Gasteiger partial charge is 0.422 e. The van der Waals surface area contributed by atoms with Gasteiger partial charge in [-0.05, 0) is 19.1 Å². The second-order valence-corrected chi connectivity index (χ2v) is 4.52. The van der Waals surface area contributed by atoms with Gasteiger partial charge in [0.05, 0.1) is 5.69 Å². The molecule has 0 aliphatic heterocycles. The summed E-state index contributed by atoms with van der Waals surface area (Å²) in [6, 6.07) is 8.09. The highest BCUT2D eigenvalue weighted by Crippen LogP contribution is 2.10. The maximum atomic E-state index is 11.6. The largest absolute Gasteiger partial charge is 0.464 e. The minimum atomic E-state index is -4.04. The molecular formula is C9H12N2O4S. The zero-order valence-corrected chi connectivity index (χ0v) is 9.44. The third-order valence-electron chi connectivity index (χ3n) is 1.81. The van der Waals surface area contributed by atoms with Crippen LogP contribution >= 0.6 is 0 Å². The summed E-state index contributed by atoms with van der Waals surface area (Å²) in [5.74, 6) is 0. The SMILES string of the molecule is CCN(C(=O)O)S(=O)(=O)Nc1ccccc1. The standard InChI is InChI=1S/C9H12N2O4S/c1-2-11(9(12)13)16(14,15)10-8-6-4-3-5-7-8/h3-7,10H,2H2,1H3,(H,12,13). The molecule has 1 aromatic carbocycles. The molecule has 0 aliphatic carbocycles. The highest BCUT2D eigenvalue weighted by Gasteiger charge is 2.24. The van der Waals surface area contributed by atoms with Crippen molar-refractivity contribution in [3.8, 4) is 0 Å². The number of hydrogen-bond donors (Lipinski definition) is 2. The van der Waals surface area contributed by atoms with Gasteiger partial charge in [-0.3, -0.25) is 4.72 Å². The molecule has 2 N–H and O–H groups in total. The first-order valence-electron chi connectivity index (χ1n) is 4.56. The van der Waals surface area contributed by atoms with Crippen molar-refractivity contribution in [2.24, 2.45) is 0 Å². The predicted octanol–water partition coefficient (Wildman–Crippen LogP) is 1.34. The van der Waals surface area contributed by atoms with Crippen molar-refractivity contribution >= 4 is 22.0 Å². The summed E-state index contributed by atoms with van der Waals surface area (Å²) in [6.45, 7) is 1.30. The van der Waals surface area contributed by atoms with E-state index >= 15 is 0 Å². The molecule has 0 heterocycles. The number of anilines is 1. The van der Waals surface area contributed by atoms with Gasteiger partial charge in [-0.25, -0.2) is 4.79 Å². The molecular weight excluding hydrogens is 232 g/mol. The summed E-state index contributed by atoms with van der Waals surface area (Å²) in [6.07, 6.45) is -1.51. The highest BCUT2D eigenvalue weighted by atomic mass is 32.2. The van der Waals surface area contributed by atoms with Gasteiger partial charge in [0, 0.05) is 6.54 Å². The molecule has 16 heavy (non-hydrogen) atoms. The van der Waals surface area contributed by atoms with Crippen molar-refractivity contribution in [1.29, 1.82) is 0 Å². The normalized spacial score (nSPS) is 10.8. The Bertz CT molecular complexity index is 458. The summed E-state index contributed by atoms with van der Waals surface area (Å²) in [5, 5.41) is 8.69. The van der Waals surface area contributed by atoms with Crippen molar-refractivity contribution in [3.63, 3.8) is 0 Å². The minimum Gasteiger partial charge on any atom is -0.464 e. The Hall–Kier alpha value is -1.76. The van der Waals surface area contributed by atoms with Crippen molar-refractivity contribution in [2.45, 2.75) is 6.92 Å². The lowest BCUT2D eigenvalue weighted by molar-refractivity contribution is 0.174. The third kappa shape index (κ3) is 2.86. The molecule has 0 bridgehead atoms. The van der Waals surface area contributed by atoms with Gasteiger partial charge in [-0.1, -0.05) is 18.2 Å². The van der Waals surface area contributed by atoms with Crippen LogP contribution in [0.4, 0.5) is 10.5 Å². The number of carboxylic acid groups (broad SMARTS) is 1. The van der Waals surface area contributed by atoms with Crippen molar-refractivity contribution in [1.82, 2.24) is 4.31 Å². The van der Waals surface area contributed by atoms with Gasteiger partial charge in [0.2, 0.25) is 0 Å². The number of para-hydroxylation sites is 1. The predicted molar refractivity (Wildman–Crippen MR) is 59.4 cm³/mol. The van der Waals surface area contributed by atoms with E-state index in [0.717, 1.165) is 0 Å². The Labute approximate surface area is 93.7 Å². The summed E-state index contributed by atoms with van der Waals surface area (Å²) in [5.41, 5.74) is 0.321. The molecule has 1 rings (SSSR count). The van der Waals surface area contributed by atoms with Crippen LogP contribution in [0.1, 0.15) is 6.92 Å². The molecule has 0 atom stereocenters. The molecule has 0 saturated heterocycles. The number of nitrogens with one attached hydrogen (secondary N) is 1. The van der Waals surface area contributed by atoms with Crippen LogP contribution in [0.5, 0.6) is 0 Å². The fourth-order valence-corrected chi connectivity index (χ4v) is 2.21. The van der Waals surface area contributed by atoms with E-state index < -0.39 is 16.3 Å². The van der Waals surface area contributed by atoms with Gasteiger partial charge < -0.3 is 5.11 Å². The monoisotopic (exact) mass is 244 g/mol. The third-order valence-corrected chi connectivity index (χ3v) is 3.30. The number of nitrogens with zero attached hydrogens (tertiary/aromatic N) is 1. The molecule has 0 unspecified atom stereocenters. The van der Waals surface area contributed by atoms with Gasteiger partial charge in [0.25, 0.3) is 0 Å². The van der Waals surface area contributed by atoms with Crippen LogP contribution in [0.25, 0.3) is 0 Å². The first kappa shape index (κ1) is 12.3. The summed E-state index contributed by atoms with van der Waals surface area (Å²) in [7, 11) is -4.04. The average molecular weight is 244 g/mol. The Morgan fingerprint density at radius 1 is 1.38 bits per heavy atom. The van der Waals surface area contributed by atoms with Gasteiger partial charge in [-0.2, -0.15) is 12.7 Å². The Morgan fingerprint density at radius 2 is 1.94 bits per heavy atom. The first-order chi connectivity index (χ1) is 7.47. The number of hydrogen-bond acceptors (Lipinski definition) is 3. The van der Waals surface area contributed by atoms with Crippen LogP contribution < -0.4 is 4.72 Å². The van der Waals surface area contributed by atoms with Crippen molar-refractivity contribution < 1.29 is 18.3 Å². The molecule has 0 spiro atoms. The van der Waals surface area contributed by atoms with E-state index in [1.807, 2.05) is 0 Å². The zero-order valence-electron chi connectivity index (χ0n) is 8.62. The lowest BCUT2D eigenvalue weighted by Gasteiger charge is -2.17. The fraction of sp³-hybridized carbons (Fsp3) is 0.222. The second kappa shape index (κ2) is 4.84. The number of carbonyl (C=O) groups is 1. The second-order valence-electron chi connectivity index (χ2n) is 2.92. The van der Waals surface area contributed by atoms with Crippen LogP contribution in [0.2, 0.25) is 0 Å². The number of rotatable bonds is 4. The molecule has 1 amide bonds. The van der Waals surface area contributed by atoms with Crippen LogP contribution in [0.3, 0.4) is 0 Å². The van der Waals surface area contributed by atoms with E-state index in [1.54, 1.807) is 18.2 Å². The van der Waals surface area contributed by atoms with Crippen LogP contribution in [-0.4, -0.2) is 30.5 Å². The van der Waals surface area contributed by atoms with Gasteiger partial charge in [0.1, 0.15) is 0 Å². The van der Waals surface area contributed by atoms with Crippen molar-refractivity contribution in [2.75, 3.05) is 11.3 Å². The maximum Gasteiger partial charge on any atom is 0.422 e. The minimum absolute atomic E-state index is 0.141. The zero-order chi connectivity index (χ0) is 12.2. The molecule has 88 valence electrons.